The summed E-state index contributed by atoms with van der Waals surface area (Å²) in [4.78, 5) is 10.7. The van der Waals surface area contributed by atoms with E-state index in [9.17, 15) is 10.1 Å². The van der Waals surface area contributed by atoms with Gasteiger partial charge in [0.15, 0.2) is 0 Å². The van der Waals surface area contributed by atoms with Crippen LogP contribution in [0.1, 0.15) is 39.3 Å². The maximum Gasteiger partial charge on any atom is 0.333 e. The number of hydrogen-bond donors (Lipinski definition) is 1. The highest BCUT2D eigenvalue weighted by Gasteiger charge is 2.25. The van der Waals surface area contributed by atoms with Crippen molar-refractivity contribution in [3.63, 3.8) is 0 Å². The van der Waals surface area contributed by atoms with Gasteiger partial charge in [-0.05, 0) is 26.7 Å². The predicted molar refractivity (Wildman–Crippen MR) is 67.3 cm³/mol. The van der Waals surface area contributed by atoms with Gasteiger partial charge in [-0.1, -0.05) is 13.8 Å². The highest BCUT2D eigenvalue weighted by Crippen LogP contribution is 2.29. The minimum absolute atomic E-state index is 0.0961. The molecule has 17 heavy (non-hydrogen) atoms. The van der Waals surface area contributed by atoms with Crippen molar-refractivity contribution in [2.45, 2.75) is 53.1 Å². The van der Waals surface area contributed by atoms with Gasteiger partial charge in [-0.15, -0.1) is 0 Å². The van der Waals surface area contributed by atoms with E-state index in [0.29, 0.717) is 18.1 Å². The molecule has 0 bridgehead atoms. The molecule has 0 radical (unpaired) electrons. The van der Waals surface area contributed by atoms with E-state index in [1.807, 2.05) is 20.8 Å². The van der Waals surface area contributed by atoms with E-state index in [-0.39, 0.29) is 16.7 Å². The minimum atomic E-state index is -0.362. The predicted octanol–water partition coefficient (Wildman–Crippen LogP) is 2.72. The first-order valence-corrected chi connectivity index (χ1v) is 5.99. The molecule has 1 aromatic rings. The minimum Gasteiger partial charge on any atom is -0.362 e. The highest BCUT2D eigenvalue weighted by atomic mass is 16.6. The molecule has 6 nitrogen and oxygen atoms in total. The molecule has 0 aliphatic carbocycles. The van der Waals surface area contributed by atoms with Crippen LogP contribution in [0.5, 0.6) is 0 Å². The zero-order valence-corrected chi connectivity index (χ0v) is 10.9. The van der Waals surface area contributed by atoms with Gasteiger partial charge in [0.25, 0.3) is 0 Å². The first kappa shape index (κ1) is 13.5. The third kappa shape index (κ3) is 2.95. The van der Waals surface area contributed by atoms with Crippen LogP contribution in [0.3, 0.4) is 0 Å². The van der Waals surface area contributed by atoms with Crippen LogP contribution in [-0.2, 0) is 6.54 Å². The Bertz CT molecular complexity index is 400. The molecule has 1 N–H and O–H groups in total. The number of hydrogen-bond acceptors (Lipinski definition) is 4. The van der Waals surface area contributed by atoms with Crippen molar-refractivity contribution in [1.29, 1.82) is 0 Å². The fourth-order valence-corrected chi connectivity index (χ4v) is 1.64. The summed E-state index contributed by atoms with van der Waals surface area (Å²) in [7, 11) is 0. The summed E-state index contributed by atoms with van der Waals surface area (Å²) in [5.74, 6) is 0.531. The average molecular weight is 240 g/mol. The summed E-state index contributed by atoms with van der Waals surface area (Å²) in [6.07, 6.45) is 1.81. The molecule has 1 heterocycles. The molecule has 0 amide bonds. The third-order valence-electron chi connectivity index (χ3n) is 2.71. The standard InChI is InChI=1S/C11H20N4O2/c1-5-7-14-11(12-8(3)6-2)10(15(16)17)9(4)13-14/h8,12H,5-7H2,1-4H3. The van der Waals surface area contributed by atoms with Gasteiger partial charge < -0.3 is 5.32 Å². The monoisotopic (exact) mass is 240 g/mol. The van der Waals surface area contributed by atoms with Crippen molar-refractivity contribution < 1.29 is 4.92 Å². The van der Waals surface area contributed by atoms with E-state index in [1.165, 1.54) is 0 Å². The van der Waals surface area contributed by atoms with Gasteiger partial charge in [-0.2, -0.15) is 5.10 Å². The van der Waals surface area contributed by atoms with Crippen LogP contribution in [0.2, 0.25) is 0 Å². The quantitative estimate of drug-likeness (QED) is 0.613. The van der Waals surface area contributed by atoms with Crippen LogP contribution < -0.4 is 5.32 Å². The average Bonchev–Trinajstić information content (AvgIpc) is 2.55. The normalized spacial score (nSPS) is 12.5. The third-order valence-corrected chi connectivity index (χ3v) is 2.71. The Hall–Kier alpha value is -1.59. The van der Waals surface area contributed by atoms with Gasteiger partial charge in [0.2, 0.25) is 5.82 Å². The fourth-order valence-electron chi connectivity index (χ4n) is 1.64. The Morgan fingerprint density at radius 3 is 2.65 bits per heavy atom. The van der Waals surface area contributed by atoms with Crippen LogP contribution in [0, 0.1) is 17.0 Å². The molecule has 0 saturated heterocycles. The smallest absolute Gasteiger partial charge is 0.333 e. The maximum absolute atomic E-state index is 11.0. The summed E-state index contributed by atoms with van der Waals surface area (Å²) < 4.78 is 1.69. The van der Waals surface area contributed by atoms with Gasteiger partial charge in [-0.25, -0.2) is 4.68 Å². The largest absolute Gasteiger partial charge is 0.362 e. The van der Waals surface area contributed by atoms with Gasteiger partial charge in [-0.3, -0.25) is 10.1 Å². The highest BCUT2D eigenvalue weighted by molar-refractivity contribution is 5.59. The summed E-state index contributed by atoms with van der Waals surface area (Å²) in [5, 5.41) is 18.4. The van der Waals surface area contributed by atoms with Crippen molar-refractivity contribution in [2.24, 2.45) is 0 Å². The van der Waals surface area contributed by atoms with Crippen molar-refractivity contribution in [3.8, 4) is 0 Å². The molecule has 1 rings (SSSR count). The second-order valence-corrected chi connectivity index (χ2v) is 4.22. The van der Waals surface area contributed by atoms with E-state index >= 15 is 0 Å². The van der Waals surface area contributed by atoms with Crippen LogP contribution in [0.15, 0.2) is 0 Å². The molecule has 1 aromatic heterocycles. The molecule has 6 heteroatoms. The van der Waals surface area contributed by atoms with Crippen molar-refractivity contribution in [2.75, 3.05) is 5.32 Å². The van der Waals surface area contributed by atoms with Gasteiger partial charge in [0.05, 0.1) is 4.92 Å². The van der Waals surface area contributed by atoms with Crippen molar-refractivity contribution in [3.05, 3.63) is 15.8 Å². The zero-order valence-electron chi connectivity index (χ0n) is 10.9. The molecule has 1 unspecified atom stereocenters. The van der Waals surface area contributed by atoms with Gasteiger partial charge >= 0.3 is 5.69 Å². The van der Waals surface area contributed by atoms with E-state index in [4.69, 9.17) is 0 Å². The first-order chi connectivity index (χ1) is 8.01. The Morgan fingerprint density at radius 2 is 2.18 bits per heavy atom. The number of rotatable bonds is 6. The van der Waals surface area contributed by atoms with Crippen molar-refractivity contribution in [1.82, 2.24) is 9.78 Å². The number of nitrogens with one attached hydrogen (secondary N) is 1. The molecule has 0 aliphatic heterocycles. The van der Waals surface area contributed by atoms with Crippen molar-refractivity contribution >= 4 is 11.5 Å². The summed E-state index contributed by atoms with van der Waals surface area (Å²) in [6, 6.07) is 0.195. The molecular formula is C11H20N4O2. The van der Waals surface area contributed by atoms with Gasteiger partial charge in [0.1, 0.15) is 5.69 Å². The lowest BCUT2D eigenvalue weighted by molar-refractivity contribution is -0.384. The number of nitrogens with zero attached hydrogens (tertiary/aromatic N) is 3. The molecule has 1 atom stereocenters. The number of anilines is 1. The van der Waals surface area contributed by atoms with E-state index in [1.54, 1.807) is 11.6 Å². The van der Waals surface area contributed by atoms with E-state index in [2.05, 4.69) is 10.4 Å². The second-order valence-electron chi connectivity index (χ2n) is 4.22. The lowest BCUT2D eigenvalue weighted by atomic mass is 10.2. The van der Waals surface area contributed by atoms with Crippen LogP contribution in [0.4, 0.5) is 11.5 Å². The number of aryl methyl sites for hydroxylation is 2. The van der Waals surface area contributed by atoms with Crippen LogP contribution in [0.25, 0.3) is 0 Å². The molecule has 0 spiro atoms. The molecule has 0 saturated carbocycles. The lowest BCUT2D eigenvalue weighted by Crippen LogP contribution is -2.18. The number of aromatic nitrogens is 2. The maximum atomic E-state index is 11.0. The van der Waals surface area contributed by atoms with Crippen LogP contribution >= 0.6 is 0 Å². The van der Waals surface area contributed by atoms with E-state index in [0.717, 1.165) is 12.8 Å². The Balaban J connectivity index is 3.15. The molecule has 0 aliphatic rings. The molecular weight excluding hydrogens is 220 g/mol. The topological polar surface area (TPSA) is 73.0 Å². The number of nitro groups is 1. The summed E-state index contributed by atoms with van der Waals surface area (Å²) >= 11 is 0. The Labute approximate surface area is 101 Å². The van der Waals surface area contributed by atoms with E-state index < -0.39 is 0 Å². The fraction of sp³-hybridized carbons (Fsp3) is 0.727. The van der Waals surface area contributed by atoms with Gasteiger partial charge in [0, 0.05) is 12.6 Å². The summed E-state index contributed by atoms with van der Waals surface area (Å²) in [5.41, 5.74) is 0.563. The molecule has 0 aromatic carbocycles. The Morgan fingerprint density at radius 1 is 1.53 bits per heavy atom. The molecule has 96 valence electrons. The SMILES string of the molecule is CCCn1nc(C)c([N+](=O)[O-])c1NC(C)CC. The Kier molecular flexibility index (Phi) is 4.48. The van der Waals surface area contributed by atoms with Crippen LogP contribution in [-0.4, -0.2) is 20.7 Å². The lowest BCUT2D eigenvalue weighted by Gasteiger charge is -2.13. The zero-order chi connectivity index (χ0) is 13.0. The summed E-state index contributed by atoms with van der Waals surface area (Å²) in [6.45, 7) is 8.43. The first-order valence-electron chi connectivity index (χ1n) is 5.99. The molecule has 0 fully saturated rings. The second kappa shape index (κ2) is 5.65.